The Labute approximate surface area is 173 Å². The molecule has 1 aliphatic rings. The molecule has 0 unspecified atom stereocenters. The summed E-state index contributed by atoms with van der Waals surface area (Å²) in [6.07, 6.45) is 9.44. The minimum atomic E-state index is -0.764. The van der Waals surface area contributed by atoms with Crippen LogP contribution < -0.4 is 5.32 Å². The second-order valence-corrected chi connectivity index (χ2v) is 6.54. The topological polar surface area (TPSA) is 117 Å². The number of likely N-dealkylation sites (N-methyl/N-ethyl adjacent to an activating group) is 1. The molecule has 2 rings (SSSR count). The molecule has 0 bridgehead atoms. The second kappa shape index (κ2) is 11.1. The number of carbonyl (C=O) groups is 2. The number of ether oxygens (including phenoxy) is 1. The van der Waals surface area contributed by atoms with Gasteiger partial charge in [0, 0.05) is 19.5 Å². The van der Waals surface area contributed by atoms with E-state index < -0.39 is 11.7 Å². The van der Waals surface area contributed by atoms with E-state index in [1.807, 2.05) is 18.2 Å². The molecule has 1 aromatic carbocycles. The van der Waals surface area contributed by atoms with Crippen molar-refractivity contribution in [2.45, 2.75) is 25.7 Å². The number of allylic oxidation sites excluding steroid dienone is 3. The van der Waals surface area contributed by atoms with Crippen LogP contribution in [-0.4, -0.2) is 48.1 Å². The van der Waals surface area contributed by atoms with Crippen LogP contribution in [0, 0.1) is 0 Å². The number of rotatable bonds is 3. The van der Waals surface area contributed by atoms with Crippen LogP contribution in [0.25, 0.3) is 0 Å². The summed E-state index contributed by atoms with van der Waals surface area (Å²) in [5.74, 6) is -1.96. The van der Waals surface area contributed by atoms with Crippen LogP contribution in [-0.2, 0) is 20.8 Å². The molecule has 0 fully saturated rings. The van der Waals surface area contributed by atoms with Crippen LogP contribution >= 0.6 is 11.6 Å². The van der Waals surface area contributed by atoms with E-state index in [2.05, 4.69) is 10.5 Å². The van der Waals surface area contributed by atoms with Crippen LogP contribution in [0.1, 0.15) is 35.2 Å². The summed E-state index contributed by atoms with van der Waals surface area (Å²) in [5.41, 5.74) is 0.339. The number of nitrogens with one attached hydrogen (secondary N) is 1. The second-order valence-electron chi connectivity index (χ2n) is 6.16. The first-order chi connectivity index (χ1) is 13.9. The Balaban J connectivity index is 2.45. The number of oxime groups is 1. The zero-order valence-electron chi connectivity index (χ0n) is 16.0. The van der Waals surface area contributed by atoms with Gasteiger partial charge >= 0.3 is 5.97 Å². The van der Waals surface area contributed by atoms with Gasteiger partial charge in [-0.05, 0) is 30.9 Å². The molecule has 0 aliphatic carbocycles. The number of nitrogens with zero attached hydrogens (tertiary/aromatic N) is 1. The van der Waals surface area contributed by atoms with Gasteiger partial charge in [-0.1, -0.05) is 35.0 Å². The fourth-order valence-electron chi connectivity index (χ4n) is 2.57. The van der Waals surface area contributed by atoms with Gasteiger partial charge < -0.3 is 25.1 Å². The van der Waals surface area contributed by atoms with Gasteiger partial charge in [0.05, 0.1) is 17.3 Å². The molecule has 0 radical (unpaired) electrons. The highest BCUT2D eigenvalue weighted by Gasteiger charge is 2.24. The first-order valence-electron chi connectivity index (χ1n) is 9.05. The summed E-state index contributed by atoms with van der Waals surface area (Å²) in [4.78, 5) is 28.9. The molecule has 0 saturated heterocycles. The predicted molar refractivity (Wildman–Crippen MR) is 108 cm³/mol. The number of halogens is 1. The monoisotopic (exact) mass is 422 g/mol. The molecule has 1 aromatic rings. The summed E-state index contributed by atoms with van der Waals surface area (Å²) < 4.78 is 5.22. The number of phenols is 2. The smallest absolute Gasteiger partial charge is 0.342 e. The van der Waals surface area contributed by atoms with Crippen LogP contribution in [0.15, 0.2) is 35.5 Å². The fourth-order valence-corrected chi connectivity index (χ4v) is 2.78. The number of carbonyl (C=O) groups excluding carboxylic acids is 2. The minimum absolute atomic E-state index is 0.0364. The van der Waals surface area contributed by atoms with Crippen LogP contribution in [0.2, 0.25) is 5.02 Å². The van der Waals surface area contributed by atoms with E-state index in [-0.39, 0.29) is 47.4 Å². The lowest BCUT2D eigenvalue weighted by atomic mass is 9.99. The lowest BCUT2D eigenvalue weighted by molar-refractivity contribution is -0.125. The third-order valence-electron chi connectivity index (χ3n) is 4.03. The molecule has 0 aromatic heterocycles. The summed E-state index contributed by atoms with van der Waals surface area (Å²) in [6, 6.07) is 0.986. The van der Waals surface area contributed by atoms with Gasteiger partial charge in [0.25, 0.3) is 5.91 Å². The van der Waals surface area contributed by atoms with Crippen molar-refractivity contribution in [1.82, 2.24) is 5.32 Å². The van der Waals surface area contributed by atoms with Gasteiger partial charge in [-0.3, -0.25) is 4.79 Å². The molecule has 1 heterocycles. The van der Waals surface area contributed by atoms with Gasteiger partial charge in [0.1, 0.15) is 17.1 Å². The van der Waals surface area contributed by atoms with Crippen LogP contribution in [0.3, 0.4) is 0 Å². The molecular weight excluding hydrogens is 400 g/mol. The maximum absolute atomic E-state index is 12.5. The Morgan fingerprint density at radius 1 is 1.24 bits per heavy atom. The molecule has 0 saturated carbocycles. The third kappa shape index (κ3) is 6.53. The first-order valence-corrected chi connectivity index (χ1v) is 9.43. The highest BCUT2D eigenvalue weighted by atomic mass is 35.5. The van der Waals surface area contributed by atoms with E-state index in [0.29, 0.717) is 12.1 Å². The molecule has 29 heavy (non-hydrogen) atoms. The number of hydrogen-bond donors (Lipinski definition) is 3. The van der Waals surface area contributed by atoms with E-state index in [0.717, 1.165) is 18.9 Å². The van der Waals surface area contributed by atoms with Gasteiger partial charge in [-0.25, -0.2) is 4.79 Å². The van der Waals surface area contributed by atoms with E-state index >= 15 is 0 Å². The Bertz CT molecular complexity index is 848. The van der Waals surface area contributed by atoms with Gasteiger partial charge in [-0.2, -0.15) is 0 Å². The average Bonchev–Trinajstić information content (AvgIpc) is 2.69. The van der Waals surface area contributed by atoms with Crippen molar-refractivity contribution in [3.63, 3.8) is 0 Å². The normalized spacial score (nSPS) is 18.8. The molecule has 1 aliphatic heterocycles. The summed E-state index contributed by atoms with van der Waals surface area (Å²) in [6.45, 7) is -0.150. The Morgan fingerprint density at radius 3 is 2.72 bits per heavy atom. The van der Waals surface area contributed by atoms with Crippen molar-refractivity contribution in [1.29, 1.82) is 0 Å². The standard InChI is InChI=1S/C20H23ClN2O6/c1-22-17(26)12-29-23-13-8-6-4-2-3-5-7-9-28-20(27)18-14(10-13)19(21)16(25)11-15(18)24/h3,5-6,8,11,24-25H,2,4,7,9-10,12H2,1H3,(H,22,26)/b5-3+,8-6+,23-13-. The quantitative estimate of drug-likeness (QED) is 0.391. The molecule has 156 valence electrons. The van der Waals surface area contributed by atoms with Crippen molar-refractivity contribution in [3.05, 3.63) is 46.5 Å². The van der Waals surface area contributed by atoms with E-state index in [9.17, 15) is 19.8 Å². The zero-order valence-corrected chi connectivity index (χ0v) is 16.7. The average molecular weight is 423 g/mol. The number of fused-ring (bicyclic) bond motifs is 1. The maximum Gasteiger partial charge on any atom is 0.342 e. The number of esters is 1. The zero-order chi connectivity index (χ0) is 21.2. The molecule has 0 atom stereocenters. The fraction of sp³-hybridized carbons (Fsp3) is 0.350. The summed E-state index contributed by atoms with van der Waals surface area (Å²) in [5, 5.41) is 26.5. The number of aromatic hydroxyl groups is 2. The number of hydrogen-bond acceptors (Lipinski definition) is 7. The number of phenolic OH excluding ortho intramolecular Hbond substituents is 2. The van der Waals surface area contributed by atoms with Crippen molar-refractivity contribution >= 4 is 29.2 Å². The summed E-state index contributed by atoms with van der Waals surface area (Å²) >= 11 is 6.21. The number of cyclic esters (lactones) is 1. The molecule has 9 heteroatoms. The number of amides is 1. The largest absolute Gasteiger partial charge is 0.507 e. The van der Waals surface area contributed by atoms with Crippen LogP contribution in [0.5, 0.6) is 11.5 Å². The van der Waals surface area contributed by atoms with Gasteiger partial charge in [-0.15, -0.1) is 0 Å². The van der Waals surface area contributed by atoms with Crippen molar-refractivity contribution < 1.29 is 29.4 Å². The van der Waals surface area contributed by atoms with Crippen LogP contribution in [0.4, 0.5) is 0 Å². The summed E-state index contributed by atoms with van der Waals surface area (Å²) in [7, 11) is 1.47. The van der Waals surface area contributed by atoms with Crippen molar-refractivity contribution in [2.24, 2.45) is 5.16 Å². The van der Waals surface area contributed by atoms with E-state index in [1.165, 1.54) is 7.05 Å². The van der Waals surface area contributed by atoms with Gasteiger partial charge in [0.15, 0.2) is 6.61 Å². The van der Waals surface area contributed by atoms with Crippen molar-refractivity contribution in [3.8, 4) is 11.5 Å². The molecule has 0 spiro atoms. The van der Waals surface area contributed by atoms with E-state index in [1.54, 1.807) is 6.08 Å². The third-order valence-corrected chi connectivity index (χ3v) is 4.46. The first kappa shape index (κ1) is 22.3. The number of benzene rings is 1. The Kier molecular flexibility index (Phi) is 8.54. The Hall–Kier alpha value is -3.00. The molecule has 8 nitrogen and oxygen atoms in total. The highest BCUT2D eigenvalue weighted by molar-refractivity contribution is 6.33. The molecule has 3 N–H and O–H groups in total. The SMILES string of the molecule is CNC(=O)CO/N=C1/C=C/CC/C=C/CCOC(=O)c2c(O)cc(O)c(Cl)c2C1. The predicted octanol–water partition coefficient (Wildman–Crippen LogP) is 2.87. The maximum atomic E-state index is 12.5. The lowest BCUT2D eigenvalue weighted by Crippen LogP contribution is -2.22. The van der Waals surface area contributed by atoms with Crippen molar-refractivity contribution in [2.75, 3.05) is 20.3 Å². The molecule has 1 amide bonds. The molecular formula is C20H23ClN2O6. The highest BCUT2D eigenvalue weighted by Crippen LogP contribution is 2.37. The Morgan fingerprint density at radius 2 is 1.97 bits per heavy atom. The van der Waals surface area contributed by atoms with Gasteiger partial charge in [0.2, 0.25) is 0 Å². The minimum Gasteiger partial charge on any atom is -0.507 e. The van der Waals surface area contributed by atoms with E-state index in [4.69, 9.17) is 21.2 Å². The lowest BCUT2D eigenvalue weighted by Gasteiger charge is -2.14.